The Kier molecular flexibility index (Phi) is 6.89. The zero-order chi connectivity index (χ0) is 14.2. The molecule has 2 nitrogen and oxygen atoms in total. The van der Waals surface area contributed by atoms with Crippen molar-refractivity contribution < 1.29 is 9.53 Å². The van der Waals surface area contributed by atoms with Crippen LogP contribution in [0.4, 0.5) is 0 Å². The summed E-state index contributed by atoms with van der Waals surface area (Å²) in [6.07, 6.45) is 17.2. The van der Waals surface area contributed by atoms with E-state index in [9.17, 15) is 4.79 Å². The van der Waals surface area contributed by atoms with E-state index in [1.807, 2.05) is 0 Å². The minimum Gasteiger partial charge on any atom is -0.462 e. The lowest BCUT2D eigenvalue weighted by Crippen LogP contribution is -2.16. The summed E-state index contributed by atoms with van der Waals surface area (Å²) in [6, 6.07) is 0. The third-order valence-corrected chi connectivity index (χ3v) is 5.21. The minimum absolute atomic E-state index is 0.105. The van der Waals surface area contributed by atoms with Crippen molar-refractivity contribution in [2.24, 2.45) is 11.8 Å². The third kappa shape index (κ3) is 4.49. The van der Waals surface area contributed by atoms with E-state index in [0.717, 1.165) is 12.8 Å². The first-order valence-corrected chi connectivity index (χ1v) is 9.03. The molecule has 2 rings (SSSR count). The van der Waals surface area contributed by atoms with Crippen LogP contribution in [0.2, 0.25) is 0 Å². The summed E-state index contributed by atoms with van der Waals surface area (Å²) in [7, 11) is 0. The second-order valence-electron chi connectivity index (χ2n) is 6.79. The molecule has 2 fully saturated rings. The smallest absolute Gasteiger partial charge is 0.309 e. The predicted octanol–water partition coefficient (Wildman–Crippen LogP) is 5.25. The fourth-order valence-corrected chi connectivity index (χ4v) is 3.98. The van der Waals surface area contributed by atoms with Gasteiger partial charge in [0.25, 0.3) is 0 Å². The van der Waals surface area contributed by atoms with Crippen molar-refractivity contribution in [2.45, 2.75) is 96.5 Å². The molecule has 2 aliphatic rings. The van der Waals surface area contributed by atoms with Gasteiger partial charge < -0.3 is 4.74 Å². The Hall–Kier alpha value is -0.530. The van der Waals surface area contributed by atoms with E-state index in [0.29, 0.717) is 5.92 Å². The first kappa shape index (κ1) is 15.9. The molecule has 0 bridgehead atoms. The van der Waals surface area contributed by atoms with E-state index in [1.165, 1.54) is 70.6 Å². The van der Waals surface area contributed by atoms with Crippen LogP contribution in [0.1, 0.15) is 90.4 Å². The van der Waals surface area contributed by atoms with Crippen LogP contribution in [0.5, 0.6) is 0 Å². The molecule has 0 spiro atoms. The van der Waals surface area contributed by atoms with Crippen LogP contribution in [0.3, 0.4) is 0 Å². The van der Waals surface area contributed by atoms with E-state index in [-0.39, 0.29) is 18.0 Å². The van der Waals surface area contributed by atoms with Gasteiger partial charge in [-0.05, 0) is 25.7 Å². The number of cyclic esters (lactones) is 1. The highest BCUT2D eigenvalue weighted by Gasteiger charge is 2.46. The van der Waals surface area contributed by atoms with Crippen molar-refractivity contribution in [3.8, 4) is 0 Å². The second kappa shape index (κ2) is 8.69. The number of ether oxygens (including phenoxy) is 1. The highest BCUT2D eigenvalue weighted by Crippen LogP contribution is 2.42. The summed E-state index contributed by atoms with van der Waals surface area (Å²) in [6.45, 7) is 2.27. The Morgan fingerprint density at radius 3 is 2.30 bits per heavy atom. The van der Waals surface area contributed by atoms with Crippen molar-refractivity contribution in [2.75, 3.05) is 0 Å². The number of rotatable bonds is 10. The largest absolute Gasteiger partial charge is 0.462 e. The Balaban J connectivity index is 1.46. The molecule has 1 aliphatic heterocycles. The van der Waals surface area contributed by atoms with Crippen LogP contribution < -0.4 is 0 Å². The minimum atomic E-state index is 0.105. The molecule has 0 aromatic carbocycles. The van der Waals surface area contributed by atoms with Crippen LogP contribution in [0.15, 0.2) is 0 Å². The summed E-state index contributed by atoms with van der Waals surface area (Å²) in [5.41, 5.74) is 0. The fraction of sp³-hybridized carbons (Fsp3) is 0.944. The number of hydrogen-bond acceptors (Lipinski definition) is 2. The SMILES string of the molecule is CCCCCCCCCCC[C@H]1OC(=O)[C@@H]2CCC[C@H]12. The molecule has 116 valence electrons. The summed E-state index contributed by atoms with van der Waals surface area (Å²) in [4.78, 5) is 11.7. The second-order valence-corrected chi connectivity index (χ2v) is 6.79. The molecule has 0 aromatic heterocycles. The lowest BCUT2D eigenvalue weighted by atomic mass is 9.91. The van der Waals surface area contributed by atoms with Gasteiger partial charge in [-0.15, -0.1) is 0 Å². The van der Waals surface area contributed by atoms with Gasteiger partial charge in [-0.1, -0.05) is 64.7 Å². The Morgan fingerprint density at radius 1 is 0.950 bits per heavy atom. The molecule has 1 heterocycles. The van der Waals surface area contributed by atoms with Gasteiger partial charge in [-0.2, -0.15) is 0 Å². The van der Waals surface area contributed by atoms with Crippen molar-refractivity contribution in [3.05, 3.63) is 0 Å². The van der Waals surface area contributed by atoms with Gasteiger partial charge in [0.1, 0.15) is 6.10 Å². The van der Waals surface area contributed by atoms with Crippen molar-refractivity contribution in [1.82, 2.24) is 0 Å². The Labute approximate surface area is 124 Å². The molecule has 0 unspecified atom stereocenters. The van der Waals surface area contributed by atoms with Crippen LogP contribution >= 0.6 is 0 Å². The number of fused-ring (bicyclic) bond motifs is 1. The zero-order valence-corrected chi connectivity index (χ0v) is 13.2. The summed E-state index contributed by atoms with van der Waals surface area (Å²) < 4.78 is 5.56. The topological polar surface area (TPSA) is 26.3 Å². The standard InChI is InChI=1S/C18H32O2/c1-2-3-4-5-6-7-8-9-10-14-17-15-12-11-13-16(15)18(19)20-17/h15-17H,2-14H2,1H3/t15-,16+,17+/m0/s1. The molecular weight excluding hydrogens is 248 g/mol. The van der Waals surface area contributed by atoms with Gasteiger partial charge in [0.15, 0.2) is 0 Å². The van der Waals surface area contributed by atoms with Crippen LogP contribution in [0.25, 0.3) is 0 Å². The molecule has 1 saturated heterocycles. The van der Waals surface area contributed by atoms with E-state index in [2.05, 4.69) is 6.92 Å². The quantitative estimate of drug-likeness (QED) is 0.403. The monoisotopic (exact) mass is 280 g/mol. The Bertz CT molecular complexity index is 287. The van der Waals surface area contributed by atoms with Gasteiger partial charge in [-0.25, -0.2) is 0 Å². The van der Waals surface area contributed by atoms with Crippen LogP contribution in [-0.4, -0.2) is 12.1 Å². The van der Waals surface area contributed by atoms with E-state index >= 15 is 0 Å². The number of hydrogen-bond donors (Lipinski definition) is 0. The van der Waals surface area contributed by atoms with Gasteiger partial charge >= 0.3 is 5.97 Å². The predicted molar refractivity (Wildman–Crippen MR) is 82.6 cm³/mol. The van der Waals surface area contributed by atoms with Crippen LogP contribution in [0, 0.1) is 11.8 Å². The highest BCUT2D eigenvalue weighted by atomic mass is 16.6. The van der Waals surface area contributed by atoms with Crippen molar-refractivity contribution >= 4 is 5.97 Å². The van der Waals surface area contributed by atoms with E-state index < -0.39 is 0 Å². The molecule has 0 N–H and O–H groups in total. The molecule has 0 radical (unpaired) electrons. The van der Waals surface area contributed by atoms with Gasteiger partial charge in [0.05, 0.1) is 5.92 Å². The maximum atomic E-state index is 11.7. The first-order valence-electron chi connectivity index (χ1n) is 9.03. The third-order valence-electron chi connectivity index (χ3n) is 5.21. The maximum Gasteiger partial charge on any atom is 0.309 e. The number of carbonyl (C=O) groups is 1. The van der Waals surface area contributed by atoms with Crippen molar-refractivity contribution in [3.63, 3.8) is 0 Å². The molecule has 2 heteroatoms. The zero-order valence-electron chi connectivity index (χ0n) is 13.2. The number of carbonyl (C=O) groups excluding carboxylic acids is 1. The summed E-state index contributed by atoms with van der Waals surface area (Å²) in [5.74, 6) is 0.934. The van der Waals surface area contributed by atoms with Crippen LogP contribution in [-0.2, 0) is 9.53 Å². The summed E-state index contributed by atoms with van der Waals surface area (Å²) >= 11 is 0. The fourth-order valence-electron chi connectivity index (χ4n) is 3.98. The van der Waals surface area contributed by atoms with E-state index in [1.54, 1.807) is 0 Å². The molecule has 20 heavy (non-hydrogen) atoms. The average Bonchev–Trinajstić information content (AvgIpc) is 3.02. The maximum absolute atomic E-state index is 11.7. The number of esters is 1. The Morgan fingerprint density at radius 2 is 1.60 bits per heavy atom. The molecule has 0 amide bonds. The van der Waals surface area contributed by atoms with Gasteiger partial charge in [-0.3, -0.25) is 4.79 Å². The average molecular weight is 280 g/mol. The molecular formula is C18H32O2. The summed E-state index contributed by atoms with van der Waals surface area (Å²) in [5, 5.41) is 0. The normalized spacial score (nSPS) is 28.6. The molecule has 0 aromatic rings. The molecule has 1 aliphatic carbocycles. The van der Waals surface area contributed by atoms with Crippen molar-refractivity contribution in [1.29, 1.82) is 0 Å². The number of unbranched alkanes of at least 4 members (excludes halogenated alkanes) is 8. The van der Waals surface area contributed by atoms with Gasteiger partial charge in [0, 0.05) is 5.92 Å². The van der Waals surface area contributed by atoms with Gasteiger partial charge in [0.2, 0.25) is 0 Å². The lowest BCUT2D eigenvalue weighted by Gasteiger charge is -2.15. The molecule has 1 saturated carbocycles. The lowest BCUT2D eigenvalue weighted by molar-refractivity contribution is -0.144. The van der Waals surface area contributed by atoms with E-state index in [4.69, 9.17) is 4.74 Å². The highest BCUT2D eigenvalue weighted by molar-refractivity contribution is 5.75. The molecule has 3 atom stereocenters. The first-order chi connectivity index (χ1) is 9.83.